The molecule has 0 radical (unpaired) electrons. The lowest BCUT2D eigenvalue weighted by Crippen LogP contribution is -2.35. The van der Waals surface area contributed by atoms with Crippen LogP contribution in [-0.2, 0) is 6.42 Å². The smallest absolute Gasteiger partial charge is 0.258 e. The second-order valence-corrected chi connectivity index (χ2v) is 6.70. The minimum absolute atomic E-state index is 0.0896. The average molecular weight is 374 g/mol. The molecular weight excluding hydrogens is 355 g/mol. The van der Waals surface area contributed by atoms with E-state index in [1.54, 1.807) is 41.3 Å². The first-order chi connectivity index (χ1) is 13.6. The molecule has 1 heterocycles. The molecule has 140 valence electrons. The van der Waals surface area contributed by atoms with Crippen molar-refractivity contribution in [1.29, 1.82) is 0 Å². The van der Waals surface area contributed by atoms with Crippen LogP contribution in [-0.4, -0.2) is 18.4 Å². The number of aryl methyl sites for hydroxylation is 1. The number of carbonyl (C=O) groups is 2. The van der Waals surface area contributed by atoms with Crippen molar-refractivity contribution in [3.63, 3.8) is 0 Å². The molecule has 4 nitrogen and oxygen atoms in total. The van der Waals surface area contributed by atoms with Crippen molar-refractivity contribution in [2.75, 3.05) is 16.8 Å². The van der Waals surface area contributed by atoms with Crippen LogP contribution < -0.4 is 10.2 Å². The molecule has 0 saturated carbocycles. The predicted molar refractivity (Wildman–Crippen MR) is 107 cm³/mol. The number of nitrogens with one attached hydrogen (secondary N) is 1. The van der Waals surface area contributed by atoms with E-state index in [-0.39, 0.29) is 11.6 Å². The Morgan fingerprint density at radius 2 is 1.54 bits per heavy atom. The maximum Gasteiger partial charge on any atom is 0.258 e. The van der Waals surface area contributed by atoms with Gasteiger partial charge in [-0.3, -0.25) is 9.59 Å². The summed E-state index contributed by atoms with van der Waals surface area (Å²) in [6.07, 6.45) is 1.89. The Bertz CT molecular complexity index is 1030. The van der Waals surface area contributed by atoms with Crippen LogP contribution in [0.4, 0.5) is 15.8 Å². The number of benzene rings is 3. The second kappa shape index (κ2) is 7.64. The van der Waals surface area contributed by atoms with E-state index < -0.39 is 11.7 Å². The Morgan fingerprint density at radius 3 is 2.32 bits per heavy atom. The van der Waals surface area contributed by atoms with Gasteiger partial charge in [0, 0.05) is 23.4 Å². The Balaban J connectivity index is 1.51. The van der Waals surface area contributed by atoms with E-state index in [0.29, 0.717) is 17.7 Å². The number of nitrogens with zero attached hydrogens (tertiary/aromatic N) is 1. The highest BCUT2D eigenvalue weighted by atomic mass is 19.1. The van der Waals surface area contributed by atoms with Crippen LogP contribution in [0.5, 0.6) is 0 Å². The van der Waals surface area contributed by atoms with Crippen molar-refractivity contribution in [2.45, 2.75) is 12.8 Å². The van der Waals surface area contributed by atoms with Gasteiger partial charge in [-0.05, 0) is 60.9 Å². The lowest BCUT2D eigenvalue weighted by molar-refractivity contribution is 0.0982. The van der Waals surface area contributed by atoms with E-state index in [1.807, 2.05) is 24.3 Å². The van der Waals surface area contributed by atoms with Crippen LogP contribution in [0.15, 0.2) is 72.8 Å². The number of carbonyl (C=O) groups excluding carboxylic acids is 2. The Labute approximate surface area is 162 Å². The molecule has 2 amide bonds. The summed E-state index contributed by atoms with van der Waals surface area (Å²) in [4.78, 5) is 27.1. The van der Waals surface area contributed by atoms with E-state index in [1.165, 1.54) is 17.7 Å². The van der Waals surface area contributed by atoms with Crippen molar-refractivity contribution in [1.82, 2.24) is 0 Å². The molecule has 0 bridgehead atoms. The molecule has 1 aliphatic rings. The summed E-state index contributed by atoms with van der Waals surface area (Å²) in [5.74, 6) is -1.01. The molecule has 5 heteroatoms. The van der Waals surface area contributed by atoms with Gasteiger partial charge in [-0.25, -0.2) is 4.39 Å². The largest absolute Gasteiger partial charge is 0.319 e. The summed E-state index contributed by atoms with van der Waals surface area (Å²) in [7, 11) is 0. The second-order valence-electron chi connectivity index (χ2n) is 6.70. The molecule has 0 unspecified atom stereocenters. The SMILES string of the molecule is O=C(Nc1ccccc1F)c1ccc(C(=O)N2CCCc3ccccc32)cc1. The van der Waals surface area contributed by atoms with Gasteiger partial charge in [0.1, 0.15) is 5.82 Å². The van der Waals surface area contributed by atoms with Crippen LogP contribution in [0.1, 0.15) is 32.7 Å². The third-order valence-electron chi connectivity index (χ3n) is 4.87. The van der Waals surface area contributed by atoms with Crippen LogP contribution in [0, 0.1) is 5.82 Å². The normalized spacial score (nSPS) is 13.0. The number of para-hydroxylation sites is 2. The number of hydrogen-bond donors (Lipinski definition) is 1. The van der Waals surface area contributed by atoms with Crippen LogP contribution in [0.2, 0.25) is 0 Å². The molecule has 28 heavy (non-hydrogen) atoms. The lowest BCUT2D eigenvalue weighted by Gasteiger charge is -2.29. The summed E-state index contributed by atoms with van der Waals surface area (Å²) in [5, 5.41) is 2.54. The summed E-state index contributed by atoms with van der Waals surface area (Å²) < 4.78 is 13.7. The molecule has 0 aromatic heterocycles. The van der Waals surface area contributed by atoms with Crippen LogP contribution in [0.3, 0.4) is 0 Å². The maximum absolute atomic E-state index is 13.7. The fourth-order valence-corrected chi connectivity index (χ4v) is 3.42. The van der Waals surface area contributed by atoms with Gasteiger partial charge in [0.25, 0.3) is 11.8 Å². The van der Waals surface area contributed by atoms with Crippen molar-refractivity contribution >= 4 is 23.2 Å². The number of halogens is 1. The van der Waals surface area contributed by atoms with E-state index >= 15 is 0 Å². The van der Waals surface area contributed by atoms with Gasteiger partial charge in [0.05, 0.1) is 5.69 Å². The topological polar surface area (TPSA) is 49.4 Å². The minimum Gasteiger partial charge on any atom is -0.319 e. The Kier molecular flexibility index (Phi) is 4.89. The van der Waals surface area contributed by atoms with Crippen LogP contribution in [0.25, 0.3) is 0 Å². The lowest BCUT2D eigenvalue weighted by atomic mass is 10.0. The molecule has 0 aliphatic carbocycles. The summed E-state index contributed by atoms with van der Waals surface area (Å²) >= 11 is 0. The molecule has 3 aromatic carbocycles. The number of anilines is 2. The molecule has 0 saturated heterocycles. The first-order valence-electron chi connectivity index (χ1n) is 9.19. The van der Waals surface area contributed by atoms with E-state index in [2.05, 4.69) is 5.32 Å². The zero-order chi connectivity index (χ0) is 19.5. The summed E-state index contributed by atoms with van der Waals surface area (Å²) in [5.41, 5.74) is 3.11. The molecule has 1 N–H and O–H groups in total. The fraction of sp³-hybridized carbons (Fsp3) is 0.130. The highest BCUT2D eigenvalue weighted by molar-refractivity contribution is 6.08. The molecule has 1 aliphatic heterocycles. The fourth-order valence-electron chi connectivity index (χ4n) is 3.42. The van der Waals surface area contributed by atoms with Gasteiger partial charge in [0.15, 0.2) is 0 Å². The van der Waals surface area contributed by atoms with E-state index in [9.17, 15) is 14.0 Å². The molecular formula is C23H19FN2O2. The van der Waals surface area contributed by atoms with Gasteiger partial charge in [-0.1, -0.05) is 30.3 Å². The van der Waals surface area contributed by atoms with Crippen molar-refractivity contribution in [3.05, 3.63) is 95.3 Å². The molecule has 0 spiro atoms. The highest BCUT2D eigenvalue weighted by Crippen LogP contribution is 2.28. The van der Waals surface area contributed by atoms with Crippen molar-refractivity contribution in [3.8, 4) is 0 Å². The maximum atomic E-state index is 13.7. The summed E-state index contributed by atoms with van der Waals surface area (Å²) in [6, 6.07) is 20.3. The van der Waals surface area contributed by atoms with Gasteiger partial charge < -0.3 is 10.2 Å². The predicted octanol–water partition coefficient (Wildman–Crippen LogP) is 4.67. The first-order valence-corrected chi connectivity index (χ1v) is 9.19. The third-order valence-corrected chi connectivity index (χ3v) is 4.87. The zero-order valence-corrected chi connectivity index (χ0v) is 15.2. The molecule has 0 fully saturated rings. The highest BCUT2D eigenvalue weighted by Gasteiger charge is 2.23. The first kappa shape index (κ1) is 17.9. The Morgan fingerprint density at radius 1 is 0.857 bits per heavy atom. The van der Waals surface area contributed by atoms with Crippen molar-refractivity contribution in [2.24, 2.45) is 0 Å². The van der Waals surface area contributed by atoms with E-state index in [4.69, 9.17) is 0 Å². The van der Waals surface area contributed by atoms with Gasteiger partial charge in [-0.2, -0.15) is 0 Å². The van der Waals surface area contributed by atoms with Gasteiger partial charge >= 0.3 is 0 Å². The standard InChI is InChI=1S/C23H19FN2O2/c24-19-8-2-3-9-20(19)25-22(27)17-11-13-18(14-12-17)23(28)26-15-5-7-16-6-1-4-10-21(16)26/h1-4,6,8-14H,5,7,15H2,(H,25,27). The minimum atomic E-state index is -0.494. The third kappa shape index (κ3) is 3.51. The zero-order valence-electron chi connectivity index (χ0n) is 15.2. The number of rotatable bonds is 3. The number of amides is 2. The number of fused-ring (bicyclic) bond motifs is 1. The molecule has 4 rings (SSSR count). The number of hydrogen-bond acceptors (Lipinski definition) is 2. The van der Waals surface area contributed by atoms with Gasteiger partial charge in [0.2, 0.25) is 0 Å². The monoisotopic (exact) mass is 374 g/mol. The van der Waals surface area contributed by atoms with Crippen molar-refractivity contribution < 1.29 is 14.0 Å². The average Bonchev–Trinajstić information content (AvgIpc) is 2.74. The summed E-state index contributed by atoms with van der Waals surface area (Å²) in [6.45, 7) is 0.672. The molecule has 3 aromatic rings. The van der Waals surface area contributed by atoms with E-state index in [0.717, 1.165) is 18.5 Å². The Hall–Kier alpha value is -3.47. The quantitative estimate of drug-likeness (QED) is 0.724. The molecule has 0 atom stereocenters. The van der Waals surface area contributed by atoms with Gasteiger partial charge in [-0.15, -0.1) is 0 Å². The van der Waals surface area contributed by atoms with Crippen LogP contribution >= 0.6 is 0 Å².